The molecule has 1 N–H and O–H groups in total. The van der Waals surface area contributed by atoms with E-state index in [-0.39, 0.29) is 5.91 Å². The molecule has 0 spiro atoms. The summed E-state index contributed by atoms with van der Waals surface area (Å²) < 4.78 is 5.54. The molecular formula is C11H16BrNO3. The summed E-state index contributed by atoms with van der Waals surface area (Å²) in [6.07, 6.45) is 1.40. The largest absolute Gasteiger partial charge is 0.457 e. The highest BCUT2D eigenvalue weighted by atomic mass is 79.9. The van der Waals surface area contributed by atoms with Gasteiger partial charge in [-0.2, -0.15) is 0 Å². The fourth-order valence-electron chi connectivity index (χ4n) is 1.40. The fraction of sp³-hybridized carbons (Fsp3) is 0.545. The molecule has 0 aliphatic carbocycles. The number of hydrogen-bond acceptors (Lipinski definition) is 3. The van der Waals surface area contributed by atoms with Gasteiger partial charge in [0.1, 0.15) is 6.26 Å². The van der Waals surface area contributed by atoms with Gasteiger partial charge in [0, 0.05) is 19.2 Å². The normalized spacial score (nSPS) is 11.6. The highest BCUT2D eigenvalue weighted by Crippen LogP contribution is 2.16. The number of halogens is 1. The summed E-state index contributed by atoms with van der Waals surface area (Å²) in [5.74, 6) is -0.140. The van der Waals surface area contributed by atoms with Crippen LogP contribution in [0.5, 0.6) is 0 Å². The van der Waals surface area contributed by atoms with E-state index in [2.05, 4.69) is 15.9 Å². The molecule has 1 aromatic heterocycles. The van der Waals surface area contributed by atoms with Crippen molar-refractivity contribution in [2.24, 2.45) is 0 Å². The van der Waals surface area contributed by atoms with Crippen LogP contribution in [0.4, 0.5) is 0 Å². The predicted molar refractivity (Wildman–Crippen MR) is 64.3 cm³/mol. The van der Waals surface area contributed by atoms with Crippen molar-refractivity contribution in [1.82, 2.24) is 4.90 Å². The number of carbonyl (C=O) groups excluding carboxylic acids is 1. The van der Waals surface area contributed by atoms with Crippen LogP contribution < -0.4 is 0 Å². The molecule has 1 heterocycles. The lowest BCUT2D eigenvalue weighted by atomic mass is 10.1. The van der Waals surface area contributed by atoms with Crippen molar-refractivity contribution in [2.45, 2.75) is 26.4 Å². The Balaban J connectivity index is 2.78. The van der Waals surface area contributed by atoms with Crippen LogP contribution in [0.25, 0.3) is 0 Å². The van der Waals surface area contributed by atoms with Crippen molar-refractivity contribution < 1.29 is 14.3 Å². The Hall–Kier alpha value is -0.810. The molecule has 0 aromatic carbocycles. The highest BCUT2D eigenvalue weighted by Gasteiger charge is 2.23. The topological polar surface area (TPSA) is 53.7 Å². The molecule has 1 rings (SSSR count). The maximum atomic E-state index is 12.0. The average Bonchev–Trinajstić information content (AvgIpc) is 2.58. The number of carbonyl (C=O) groups is 1. The van der Waals surface area contributed by atoms with Crippen LogP contribution in [-0.4, -0.2) is 34.6 Å². The first-order chi connectivity index (χ1) is 7.33. The lowest BCUT2D eigenvalue weighted by Gasteiger charge is -2.27. The molecule has 5 heteroatoms. The second kappa shape index (κ2) is 5.01. The zero-order chi connectivity index (χ0) is 12.3. The first-order valence-electron chi connectivity index (χ1n) is 5.09. The van der Waals surface area contributed by atoms with Crippen molar-refractivity contribution in [2.75, 3.05) is 13.1 Å². The van der Waals surface area contributed by atoms with E-state index in [4.69, 9.17) is 4.42 Å². The van der Waals surface area contributed by atoms with E-state index in [1.165, 1.54) is 6.26 Å². The molecule has 16 heavy (non-hydrogen) atoms. The molecule has 0 saturated heterocycles. The number of nitrogens with zero attached hydrogens (tertiary/aromatic N) is 1. The SMILES string of the molecule is CCN(CC(C)(C)O)C(=O)c1coc(Br)c1. The van der Waals surface area contributed by atoms with Crippen LogP contribution in [0.15, 0.2) is 21.4 Å². The molecule has 1 aromatic rings. The van der Waals surface area contributed by atoms with Gasteiger partial charge in [0.2, 0.25) is 0 Å². The van der Waals surface area contributed by atoms with Gasteiger partial charge in [0.05, 0.1) is 11.2 Å². The highest BCUT2D eigenvalue weighted by molar-refractivity contribution is 9.10. The van der Waals surface area contributed by atoms with Gasteiger partial charge in [0.15, 0.2) is 4.67 Å². The Morgan fingerprint density at radius 2 is 2.25 bits per heavy atom. The monoisotopic (exact) mass is 289 g/mol. The Kier molecular flexibility index (Phi) is 4.15. The molecule has 0 bridgehead atoms. The number of aliphatic hydroxyl groups is 1. The van der Waals surface area contributed by atoms with E-state index >= 15 is 0 Å². The zero-order valence-electron chi connectivity index (χ0n) is 9.66. The fourth-order valence-corrected chi connectivity index (χ4v) is 1.74. The van der Waals surface area contributed by atoms with Crippen LogP contribution in [0, 0.1) is 0 Å². The average molecular weight is 290 g/mol. The van der Waals surface area contributed by atoms with Crippen LogP contribution >= 0.6 is 15.9 Å². The molecular weight excluding hydrogens is 274 g/mol. The summed E-state index contributed by atoms with van der Waals surface area (Å²) in [6.45, 7) is 6.07. The second-order valence-electron chi connectivity index (χ2n) is 4.27. The van der Waals surface area contributed by atoms with Gasteiger partial charge >= 0.3 is 0 Å². The molecule has 0 aliphatic rings. The van der Waals surface area contributed by atoms with E-state index in [1.807, 2.05) is 6.92 Å². The van der Waals surface area contributed by atoms with Crippen molar-refractivity contribution in [3.63, 3.8) is 0 Å². The van der Waals surface area contributed by atoms with Crippen molar-refractivity contribution >= 4 is 21.8 Å². The third-order valence-electron chi connectivity index (χ3n) is 2.06. The van der Waals surface area contributed by atoms with Crippen molar-refractivity contribution in [3.05, 3.63) is 22.6 Å². The zero-order valence-corrected chi connectivity index (χ0v) is 11.2. The van der Waals surface area contributed by atoms with Crippen molar-refractivity contribution in [3.8, 4) is 0 Å². The summed E-state index contributed by atoms with van der Waals surface area (Å²) in [5, 5.41) is 9.69. The molecule has 0 atom stereocenters. The van der Waals surface area contributed by atoms with E-state index in [0.717, 1.165) is 0 Å². The minimum absolute atomic E-state index is 0.140. The van der Waals surface area contributed by atoms with E-state index in [1.54, 1.807) is 24.8 Å². The second-order valence-corrected chi connectivity index (χ2v) is 5.05. The van der Waals surface area contributed by atoms with Crippen LogP contribution in [0.3, 0.4) is 0 Å². The molecule has 4 nitrogen and oxygen atoms in total. The Morgan fingerprint density at radius 3 is 2.62 bits per heavy atom. The number of rotatable bonds is 4. The maximum Gasteiger partial charge on any atom is 0.257 e. The lowest BCUT2D eigenvalue weighted by Crippen LogP contribution is -2.42. The van der Waals surface area contributed by atoms with Gasteiger partial charge in [-0.15, -0.1) is 0 Å². The number of likely N-dealkylation sites (N-methyl/N-ethyl adjacent to an activating group) is 1. The molecule has 0 fully saturated rings. The first-order valence-corrected chi connectivity index (χ1v) is 5.88. The Bertz CT molecular complexity index is 368. The van der Waals surface area contributed by atoms with E-state index < -0.39 is 5.60 Å². The summed E-state index contributed by atoms with van der Waals surface area (Å²) in [7, 11) is 0. The van der Waals surface area contributed by atoms with Gasteiger partial charge in [0.25, 0.3) is 5.91 Å². The van der Waals surface area contributed by atoms with Crippen LogP contribution in [0.1, 0.15) is 31.1 Å². The summed E-state index contributed by atoms with van der Waals surface area (Å²) in [6, 6.07) is 1.62. The standard InChI is InChI=1S/C11H16BrNO3/c1-4-13(7-11(2,3)15)10(14)8-5-9(12)16-6-8/h5-6,15H,4,7H2,1-3H3. The maximum absolute atomic E-state index is 12.0. The summed E-state index contributed by atoms with van der Waals surface area (Å²) in [4.78, 5) is 13.6. The van der Waals surface area contributed by atoms with Crippen molar-refractivity contribution in [1.29, 1.82) is 0 Å². The molecule has 90 valence electrons. The molecule has 0 unspecified atom stereocenters. The molecule has 0 radical (unpaired) electrons. The lowest BCUT2D eigenvalue weighted by molar-refractivity contribution is 0.0314. The quantitative estimate of drug-likeness (QED) is 0.925. The minimum Gasteiger partial charge on any atom is -0.457 e. The van der Waals surface area contributed by atoms with Gasteiger partial charge in [-0.1, -0.05) is 0 Å². The number of amides is 1. The molecule has 0 saturated carbocycles. The first kappa shape index (κ1) is 13.3. The van der Waals surface area contributed by atoms with E-state index in [0.29, 0.717) is 23.3 Å². The third kappa shape index (κ3) is 3.64. The summed E-state index contributed by atoms with van der Waals surface area (Å²) in [5.41, 5.74) is -0.412. The van der Waals surface area contributed by atoms with Crippen LogP contribution in [0.2, 0.25) is 0 Å². The minimum atomic E-state index is -0.896. The third-order valence-corrected chi connectivity index (χ3v) is 2.48. The predicted octanol–water partition coefficient (Wildman–Crippen LogP) is 2.28. The van der Waals surface area contributed by atoms with Crippen LogP contribution in [-0.2, 0) is 0 Å². The smallest absolute Gasteiger partial charge is 0.257 e. The van der Waals surface area contributed by atoms with Gasteiger partial charge in [-0.25, -0.2) is 0 Å². The number of furan rings is 1. The molecule has 1 amide bonds. The van der Waals surface area contributed by atoms with Gasteiger partial charge in [-0.05, 0) is 36.7 Å². The Labute approximate surface area is 103 Å². The summed E-state index contributed by atoms with van der Waals surface area (Å²) >= 11 is 3.15. The van der Waals surface area contributed by atoms with E-state index in [9.17, 15) is 9.90 Å². The van der Waals surface area contributed by atoms with Gasteiger partial charge in [-0.3, -0.25) is 4.79 Å². The molecule has 0 aliphatic heterocycles. The van der Waals surface area contributed by atoms with Gasteiger partial charge < -0.3 is 14.4 Å². The Morgan fingerprint density at radius 1 is 1.62 bits per heavy atom. The number of hydrogen-bond donors (Lipinski definition) is 1.